The molecule has 1 saturated carbocycles. The Morgan fingerprint density at radius 2 is 1.72 bits per heavy atom. The molecule has 2 nitrogen and oxygen atoms in total. The summed E-state index contributed by atoms with van der Waals surface area (Å²) >= 11 is 0. The summed E-state index contributed by atoms with van der Waals surface area (Å²) < 4.78 is 28.0. The van der Waals surface area contributed by atoms with Gasteiger partial charge in [-0.15, -0.1) is 0 Å². The number of hydrogen-bond donors (Lipinski definition) is 1. The Kier molecular flexibility index (Phi) is 5.73. The van der Waals surface area contributed by atoms with Crippen LogP contribution < -0.4 is 0 Å². The molecule has 4 heteroatoms. The molecule has 1 heterocycles. The number of benzene rings is 1. The average Bonchev–Trinajstić information content (AvgIpc) is 3.41. The van der Waals surface area contributed by atoms with Gasteiger partial charge >= 0.3 is 0 Å². The molecule has 1 N–H and O–H groups in total. The second-order valence-electron chi connectivity index (χ2n) is 6.58. The lowest BCUT2D eigenvalue weighted by Crippen LogP contribution is -2.19. The Bertz CT molecular complexity index is 757. The van der Waals surface area contributed by atoms with Crippen molar-refractivity contribution in [2.24, 2.45) is 5.92 Å². The molecule has 0 aliphatic heterocycles. The van der Waals surface area contributed by atoms with Crippen molar-refractivity contribution in [3.63, 3.8) is 0 Å². The van der Waals surface area contributed by atoms with Crippen LogP contribution in [0.4, 0.5) is 8.78 Å². The maximum atomic E-state index is 14.9. The first-order valence-electron chi connectivity index (χ1n) is 8.66. The highest BCUT2D eigenvalue weighted by molar-refractivity contribution is 5.69. The van der Waals surface area contributed by atoms with E-state index in [2.05, 4.69) is 11.6 Å². The van der Waals surface area contributed by atoms with Crippen molar-refractivity contribution in [3.8, 4) is 11.3 Å². The normalized spacial score (nSPS) is 13.9. The Morgan fingerprint density at radius 1 is 1.16 bits per heavy atom. The summed E-state index contributed by atoms with van der Waals surface area (Å²) in [5, 5.41) is 10.3. The molecule has 1 aliphatic rings. The van der Waals surface area contributed by atoms with Gasteiger partial charge in [-0.25, -0.2) is 13.8 Å². The van der Waals surface area contributed by atoms with Crippen LogP contribution in [0.25, 0.3) is 16.8 Å². The van der Waals surface area contributed by atoms with E-state index in [9.17, 15) is 13.9 Å². The smallest absolute Gasteiger partial charge is 0.155 e. The van der Waals surface area contributed by atoms with Gasteiger partial charge in [-0.05, 0) is 68.5 Å². The van der Waals surface area contributed by atoms with E-state index in [-0.39, 0.29) is 11.3 Å². The summed E-state index contributed by atoms with van der Waals surface area (Å²) in [5.41, 5.74) is 0.856. The zero-order chi connectivity index (χ0) is 18.8. The maximum Gasteiger partial charge on any atom is 0.155 e. The molecule has 1 aromatic carbocycles. The molecule has 0 bridgehead atoms. The number of aliphatic hydroxyl groups is 1. The van der Waals surface area contributed by atoms with Gasteiger partial charge in [0.2, 0.25) is 0 Å². The van der Waals surface area contributed by atoms with Crippen molar-refractivity contribution in [2.45, 2.75) is 46.1 Å². The highest BCUT2D eigenvalue weighted by atomic mass is 19.1. The SMILES string of the molecule is C=C(c1cc(C(C)(C)O)c(F)c(-c2ccc(F)cc2)n1)C1CC1.CC. The van der Waals surface area contributed by atoms with E-state index in [1.807, 2.05) is 13.8 Å². The minimum Gasteiger partial charge on any atom is -0.386 e. The number of rotatable bonds is 4. The van der Waals surface area contributed by atoms with Crippen LogP contribution in [0.2, 0.25) is 0 Å². The predicted octanol–water partition coefficient (Wildman–Crippen LogP) is 5.70. The van der Waals surface area contributed by atoms with E-state index >= 15 is 0 Å². The van der Waals surface area contributed by atoms with Crippen LogP contribution in [0, 0.1) is 17.6 Å². The predicted molar refractivity (Wildman–Crippen MR) is 97.9 cm³/mol. The van der Waals surface area contributed by atoms with Crippen molar-refractivity contribution in [2.75, 3.05) is 0 Å². The molecule has 0 radical (unpaired) electrons. The summed E-state index contributed by atoms with van der Waals surface area (Å²) in [6.45, 7) is 11.1. The van der Waals surface area contributed by atoms with Crippen LogP contribution in [-0.2, 0) is 5.60 Å². The molecule has 0 saturated heterocycles. The van der Waals surface area contributed by atoms with E-state index in [0.29, 0.717) is 17.2 Å². The molecule has 1 aliphatic carbocycles. The molecule has 25 heavy (non-hydrogen) atoms. The Balaban J connectivity index is 0.00000109. The lowest BCUT2D eigenvalue weighted by atomic mass is 9.93. The monoisotopic (exact) mass is 345 g/mol. The van der Waals surface area contributed by atoms with Crippen LogP contribution in [0.5, 0.6) is 0 Å². The molecule has 2 aromatic rings. The van der Waals surface area contributed by atoms with Gasteiger partial charge in [-0.1, -0.05) is 20.4 Å². The van der Waals surface area contributed by atoms with Gasteiger partial charge in [0.1, 0.15) is 11.5 Å². The third-order valence-corrected chi connectivity index (χ3v) is 4.13. The van der Waals surface area contributed by atoms with Crippen LogP contribution in [-0.4, -0.2) is 10.1 Å². The van der Waals surface area contributed by atoms with Crippen LogP contribution >= 0.6 is 0 Å². The standard InChI is InChI=1S/C19H19F2NO.C2H6/c1-11(12-4-5-12)16-10-15(19(2,3)23)17(21)18(22-16)13-6-8-14(20)9-7-13;1-2/h6-10,12,23H,1,4-5H2,2-3H3;1-2H3. The lowest BCUT2D eigenvalue weighted by Gasteiger charge is -2.21. The number of aromatic nitrogens is 1. The summed E-state index contributed by atoms with van der Waals surface area (Å²) in [7, 11) is 0. The van der Waals surface area contributed by atoms with Gasteiger partial charge in [-0.2, -0.15) is 0 Å². The number of allylic oxidation sites excluding steroid dienone is 1. The maximum absolute atomic E-state index is 14.9. The minimum atomic E-state index is -1.35. The van der Waals surface area contributed by atoms with Crippen LogP contribution in [0.15, 0.2) is 36.9 Å². The first-order chi connectivity index (χ1) is 11.8. The third-order valence-electron chi connectivity index (χ3n) is 4.13. The lowest BCUT2D eigenvalue weighted by molar-refractivity contribution is 0.0745. The van der Waals surface area contributed by atoms with E-state index < -0.39 is 17.2 Å². The molecule has 3 rings (SSSR count). The summed E-state index contributed by atoms with van der Waals surface area (Å²) in [4.78, 5) is 4.40. The Hall–Kier alpha value is -2.07. The molecular weight excluding hydrogens is 320 g/mol. The zero-order valence-corrected chi connectivity index (χ0v) is 15.2. The van der Waals surface area contributed by atoms with Gasteiger partial charge in [-0.3, -0.25) is 0 Å². The fourth-order valence-corrected chi connectivity index (χ4v) is 2.58. The average molecular weight is 345 g/mol. The molecule has 134 valence electrons. The van der Waals surface area contributed by atoms with E-state index in [1.54, 1.807) is 6.07 Å². The fourth-order valence-electron chi connectivity index (χ4n) is 2.58. The van der Waals surface area contributed by atoms with Crippen molar-refractivity contribution in [1.29, 1.82) is 0 Å². The highest BCUT2D eigenvalue weighted by Gasteiger charge is 2.30. The summed E-state index contributed by atoms with van der Waals surface area (Å²) in [6.07, 6.45) is 2.11. The van der Waals surface area contributed by atoms with Gasteiger partial charge in [0, 0.05) is 11.1 Å². The first kappa shape index (κ1) is 19.3. The third kappa shape index (κ3) is 4.31. The second-order valence-corrected chi connectivity index (χ2v) is 6.58. The number of pyridine rings is 1. The van der Waals surface area contributed by atoms with Crippen molar-refractivity contribution in [3.05, 3.63) is 59.8 Å². The number of hydrogen-bond acceptors (Lipinski definition) is 2. The second kappa shape index (κ2) is 7.44. The molecule has 1 fully saturated rings. The molecule has 0 amide bonds. The molecule has 0 spiro atoms. The molecule has 0 unspecified atom stereocenters. The summed E-state index contributed by atoms with van der Waals surface area (Å²) in [5.74, 6) is -0.601. The minimum absolute atomic E-state index is 0.112. The van der Waals surface area contributed by atoms with Crippen LogP contribution in [0.1, 0.15) is 51.8 Å². The molecule has 1 aromatic heterocycles. The number of halogens is 2. The molecule has 0 atom stereocenters. The van der Waals surface area contributed by atoms with Gasteiger partial charge in [0.05, 0.1) is 11.3 Å². The van der Waals surface area contributed by atoms with Gasteiger partial charge in [0.25, 0.3) is 0 Å². The van der Waals surface area contributed by atoms with Gasteiger partial charge < -0.3 is 5.11 Å². The highest BCUT2D eigenvalue weighted by Crippen LogP contribution is 2.42. The number of nitrogens with zero attached hydrogens (tertiary/aromatic N) is 1. The van der Waals surface area contributed by atoms with E-state index in [1.165, 1.54) is 38.1 Å². The van der Waals surface area contributed by atoms with Crippen molar-refractivity contribution < 1.29 is 13.9 Å². The van der Waals surface area contributed by atoms with Gasteiger partial charge in [0.15, 0.2) is 5.82 Å². The largest absolute Gasteiger partial charge is 0.386 e. The fraction of sp³-hybridized carbons (Fsp3) is 0.381. The Labute approximate surface area is 148 Å². The first-order valence-corrected chi connectivity index (χ1v) is 8.66. The Morgan fingerprint density at radius 3 is 2.20 bits per heavy atom. The summed E-state index contributed by atoms with van der Waals surface area (Å²) in [6, 6.07) is 7.07. The zero-order valence-electron chi connectivity index (χ0n) is 15.2. The van der Waals surface area contributed by atoms with E-state index in [0.717, 1.165) is 18.4 Å². The molecular formula is C21H25F2NO. The quantitative estimate of drug-likeness (QED) is 0.770. The van der Waals surface area contributed by atoms with E-state index in [4.69, 9.17) is 0 Å². The van der Waals surface area contributed by atoms with Crippen molar-refractivity contribution in [1.82, 2.24) is 4.98 Å². The topological polar surface area (TPSA) is 33.1 Å². The van der Waals surface area contributed by atoms with Crippen molar-refractivity contribution >= 4 is 5.57 Å². The van der Waals surface area contributed by atoms with Crippen LogP contribution in [0.3, 0.4) is 0 Å².